The van der Waals surface area contributed by atoms with Gasteiger partial charge in [-0.2, -0.15) is 0 Å². The van der Waals surface area contributed by atoms with Gasteiger partial charge in [0, 0.05) is 51.9 Å². The summed E-state index contributed by atoms with van der Waals surface area (Å²) in [5.41, 5.74) is 0. The fraction of sp³-hybridized carbons (Fsp3) is 0.625. The van der Waals surface area contributed by atoms with Gasteiger partial charge in [0.1, 0.15) is 12.7 Å². The van der Waals surface area contributed by atoms with Crippen molar-refractivity contribution in [2.75, 3.05) is 52.4 Å². The van der Waals surface area contributed by atoms with E-state index in [2.05, 4.69) is 15.1 Å². The summed E-state index contributed by atoms with van der Waals surface area (Å²) in [6, 6.07) is 8.67. The lowest BCUT2D eigenvalue weighted by Gasteiger charge is -2.47. The molecule has 1 aromatic rings. The quantitative estimate of drug-likeness (QED) is 0.873. The van der Waals surface area contributed by atoms with Crippen molar-refractivity contribution in [3.8, 4) is 11.5 Å². The fourth-order valence-electron chi connectivity index (χ4n) is 3.41. The molecule has 0 spiro atoms. The van der Waals surface area contributed by atoms with E-state index in [-0.39, 0.29) is 6.10 Å². The van der Waals surface area contributed by atoms with Crippen molar-refractivity contribution in [3.63, 3.8) is 0 Å². The first-order chi connectivity index (χ1) is 10.4. The van der Waals surface area contributed by atoms with Crippen molar-refractivity contribution in [2.45, 2.75) is 12.1 Å². The molecule has 1 unspecified atom stereocenters. The van der Waals surface area contributed by atoms with Crippen LogP contribution in [0.15, 0.2) is 24.3 Å². The number of piperazine rings is 1. The van der Waals surface area contributed by atoms with Gasteiger partial charge in [-0.1, -0.05) is 12.1 Å². The number of likely N-dealkylation sites (tertiary alicyclic amines) is 1. The molecule has 0 bridgehead atoms. The average molecular weight is 289 g/mol. The van der Waals surface area contributed by atoms with Gasteiger partial charge in [0.15, 0.2) is 11.5 Å². The highest BCUT2D eigenvalue weighted by Gasteiger charge is 2.34. The number of rotatable bonds is 3. The Hall–Kier alpha value is -1.30. The van der Waals surface area contributed by atoms with E-state index in [9.17, 15) is 0 Å². The summed E-state index contributed by atoms with van der Waals surface area (Å²) in [5, 5.41) is 3.41. The van der Waals surface area contributed by atoms with Crippen LogP contribution in [0, 0.1) is 0 Å². The first-order valence-corrected chi connectivity index (χ1v) is 7.94. The zero-order chi connectivity index (χ0) is 14.1. The second-order valence-electron chi connectivity index (χ2n) is 6.16. The van der Waals surface area contributed by atoms with Crippen LogP contribution in [-0.2, 0) is 0 Å². The summed E-state index contributed by atoms with van der Waals surface area (Å²) in [4.78, 5) is 5.09. The molecule has 114 valence electrons. The topological polar surface area (TPSA) is 37.0 Å². The maximum atomic E-state index is 6.03. The smallest absolute Gasteiger partial charge is 0.161 e. The molecule has 1 aromatic carbocycles. The number of hydrogen-bond donors (Lipinski definition) is 1. The zero-order valence-corrected chi connectivity index (χ0v) is 12.3. The number of nitrogens with zero attached hydrogens (tertiary/aromatic N) is 2. The highest BCUT2D eigenvalue weighted by Crippen LogP contribution is 2.31. The first kappa shape index (κ1) is 13.4. The van der Waals surface area contributed by atoms with Crippen LogP contribution in [0.25, 0.3) is 0 Å². The van der Waals surface area contributed by atoms with Crippen LogP contribution >= 0.6 is 0 Å². The van der Waals surface area contributed by atoms with Crippen molar-refractivity contribution in [3.05, 3.63) is 24.3 Å². The van der Waals surface area contributed by atoms with Gasteiger partial charge in [-0.3, -0.25) is 9.80 Å². The molecule has 0 amide bonds. The van der Waals surface area contributed by atoms with Crippen molar-refractivity contribution in [1.29, 1.82) is 0 Å². The molecule has 21 heavy (non-hydrogen) atoms. The molecule has 3 aliphatic heterocycles. The normalized spacial score (nSPS) is 27.3. The zero-order valence-electron chi connectivity index (χ0n) is 12.3. The van der Waals surface area contributed by atoms with Crippen LogP contribution in [0.5, 0.6) is 11.5 Å². The summed E-state index contributed by atoms with van der Waals surface area (Å²) in [5.74, 6) is 1.75. The highest BCUT2D eigenvalue weighted by atomic mass is 16.6. The Balaban J connectivity index is 1.25. The summed E-state index contributed by atoms with van der Waals surface area (Å²) >= 11 is 0. The molecule has 0 radical (unpaired) electrons. The van der Waals surface area contributed by atoms with Crippen molar-refractivity contribution >= 4 is 0 Å². The van der Waals surface area contributed by atoms with Gasteiger partial charge >= 0.3 is 0 Å². The molecule has 2 saturated heterocycles. The third-order valence-electron chi connectivity index (χ3n) is 4.64. The third kappa shape index (κ3) is 2.86. The van der Waals surface area contributed by atoms with E-state index in [0.717, 1.165) is 37.2 Å². The Labute approximate surface area is 125 Å². The summed E-state index contributed by atoms with van der Waals surface area (Å²) in [7, 11) is 0. The molecule has 4 rings (SSSR count). The van der Waals surface area contributed by atoms with E-state index in [1.807, 2.05) is 24.3 Å². The molecule has 5 nitrogen and oxygen atoms in total. The second-order valence-corrected chi connectivity index (χ2v) is 6.16. The number of nitrogens with one attached hydrogen (secondary N) is 1. The van der Waals surface area contributed by atoms with E-state index in [4.69, 9.17) is 9.47 Å². The molecule has 1 atom stereocenters. The molecule has 1 N–H and O–H groups in total. The Morgan fingerprint density at radius 3 is 2.67 bits per heavy atom. The molecular formula is C16H23N3O2. The van der Waals surface area contributed by atoms with E-state index < -0.39 is 0 Å². The van der Waals surface area contributed by atoms with Gasteiger partial charge in [0.25, 0.3) is 0 Å². The molecule has 5 heteroatoms. The molecule has 0 aliphatic carbocycles. The van der Waals surface area contributed by atoms with E-state index in [1.165, 1.54) is 26.2 Å². The Morgan fingerprint density at radius 1 is 1.10 bits per heavy atom. The maximum Gasteiger partial charge on any atom is 0.161 e. The summed E-state index contributed by atoms with van der Waals surface area (Å²) in [6.45, 7) is 8.61. The van der Waals surface area contributed by atoms with Crippen molar-refractivity contribution in [1.82, 2.24) is 15.1 Å². The molecule has 3 aliphatic rings. The minimum absolute atomic E-state index is 0.156. The number of fused-ring (bicyclic) bond motifs is 1. The predicted molar refractivity (Wildman–Crippen MR) is 81.0 cm³/mol. The van der Waals surface area contributed by atoms with Crippen LogP contribution in [0.1, 0.15) is 0 Å². The Morgan fingerprint density at radius 2 is 1.86 bits per heavy atom. The van der Waals surface area contributed by atoms with Crippen LogP contribution in [0.4, 0.5) is 0 Å². The Bertz CT molecular complexity index is 484. The van der Waals surface area contributed by atoms with Crippen LogP contribution in [-0.4, -0.2) is 74.4 Å². The Kier molecular flexibility index (Phi) is 3.71. The number of para-hydroxylation sites is 2. The highest BCUT2D eigenvalue weighted by molar-refractivity contribution is 5.40. The SMILES string of the molecule is c1ccc2c(c1)OCC(CN1CC(N3CCNCC3)C1)O2. The number of hydrogen-bond acceptors (Lipinski definition) is 5. The van der Waals surface area contributed by atoms with Crippen LogP contribution < -0.4 is 14.8 Å². The van der Waals surface area contributed by atoms with Crippen LogP contribution in [0.3, 0.4) is 0 Å². The molecule has 0 saturated carbocycles. The summed E-state index contributed by atoms with van der Waals surface area (Å²) in [6.07, 6.45) is 0.156. The van der Waals surface area contributed by atoms with E-state index in [1.54, 1.807) is 0 Å². The lowest BCUT2D eigenvalue weighted by Crippen LogP contribution is -2.64. The predicted octanol–water partition coefficient (Wildman–Crippen LogP) is 0.416. The van der Waals surface area contributed by atoms with E-state index in [0.29, 0.717) is 6.61 Å². The van der Waals surface area contributed by atoms with Gasteiger partial charge in [0.2, 0.25) is 0 Å². The van der Waals surface area contributed by atoms with E-state index >= 15 is 0 Å². The molecule has 3 heterocycles. The van der Waals surface area contributed by atoms with Gasteiger partial charge in [0.05, 0.1) is 0 Å². The first-order valence-electron chi connectivity index (χ1n) is 7.94. The fourth-order valence-corrected chi connectivity index (χ4v) is 3.41. The number of ether oxygens (including phenoxy) is 2. The van der Waals surface area contributed by atoms with Gasteiger partial charge < -0.3 is 14.8 Å². The third-order valence-corrected chi connectivity index (χ3v) is 4.64. The van der Waals surface area contributed by atoms with Gasteiger partial charge in [-0.25, -0.2) is 0 Å². The second kappa shape index (κ2) is 5.83. The maximum absolute atomic E-state index is 6.03. The lowest BCUT2D eigenvalue weighted by molar-refractivity contribution is -0.0115. The van der Waals surface area contributed by atoms with Crippen molar-refractivity contribution in [2.24, 2.45) is 0 Å². The number of benzene rings is 1. The van der Waals surface area contributed by atoms with Crippen molar-refractivity contribution < 1.29 is 9.47 Å². The van der Waals surface area contributed by atoms with Gasteiger partial charge in [-0.05, 0) is 12.1 Å². The molecule has 2 fully saturated rings. The standard InChI is InChI=1S/C16H23N3O2/c1-2-4-16-15(3-1)20-12-14(21-16)11-18-9-13(10-18)19-7-5-17-6-8-19/h1-4,13-14,17H,5-12H2. The minimum atomic E-state index is 0.156. The molecular weight excluding hydrogens is 266 g/mol. The van der Waals surface area contributed by atoms with Gasteiger partial charge in [-0.15, -0.1) is 0 Å². The van der Waals surface area contributed by atoms with Crippen LogP contribution in [0.2, 0.25) is 0 Å². The minimum Gasteiger partial charge on any atom is -0.486 e. The summed E-state index contributed by atoms with van der Waals surface area (Å²) < 4.78 is 11.8. The lowest BCUT2D eigenvalue weighted by atomic mass is 10.1. The molecule has 0 aromatic heterocycles. The largest absolute Gasteiger partial charge is 0.486 e. The monoisotopic (exact) mass is 289 g/mol. The average Bonchev–Trinajstić information content (AvgIpc) is 2.51.